The lowest BCUT2D eigenvalue weighted by molar-refractivity contribution is 0.161. The molecular formula is C10H21N3O. The second-order valence-electron chi connectivity index (χ2n) is 3.86. The smallest absolute Gasteiger partial charge is 0.319 e. The van der Waals surface area contributed by atoms with E-state index in [-0.39, 0.29) is 6.03 Å². The molecule has 0 radical (unpaired) electrons. The van der Waals surface area contributed by atoms with Crippen LogP contribution in [0.5, 0.6) is 0 Å². The van der Waals surface area contributed by atoms with E-state index in [1.807, 2.05) is 18.9 Å². The van der Waals surface area contributed by atoms with Gasteiger partial charge in [0.05, 0.1) is 0 Å². The van der Waals surface area contributed by atoms with Crippen LogP contribution in [0.1, 0.15) is 26.2 Å². The zero-order valence-electron chi connectivity index (χ0n) is 9.20. The Labute approximate surface area is 86.0 Å². The number of amides is 2. The summed E-state index contributed by atoms with van der Waals surface area (Å²) < 4.78 is 0. The van der Waals surface area contributed by atoms with Crippen LogP contribution >= 0.6 is 0 Å². The Morgan fingerprint density at radius 2 is 2.14 bits per heavy atom. The molecular weight excluding hydrogens is 178 g/mol. The maximum Gasteiger partial charge on any atom is 0.319 e. The zero-order chi connectivity index (χ0) is 10.6. The molecule has 4 heteroatoms. The van der Waals surface area contributed by atoms with Crippen molar-refractivity contribution in [2.45, 2.75) is 32.2 Å². The molecule has 0 heterocycles. The summed E-state index contributed by atoms with van der Waals surface area (Å²) in [4.78, 5) is 15.6. The first kappa shape index (κ1) is 11.3. The van der Waals surface area contributed by atoms with Gasteiger partial charge in [0.1, 0.15) is 0 Å². The molecule has 1 fully saturated rings. The number of urea groups is 1. The van der Waals surface area contributed by atoms with Gasteiger partial charge in [0, 0.05) is 26.2 Å². The van der Waals surface area contributed by atoms with E-state index in [0.717, 1.165) is 32.4 Å². The Morgan fingerprint density at radius 1 is 1.50 bits per heavy atom. The molecule has 2 amide bonds. The fourth-order valence-corrected chi connectivity index (χ4v) is 1.44. The fraction of sp³-hybridized carbons (Fsp3) is 0.900. The van der Waals surface area contributed by atoms with E-state index < -0.39 is 0 Å². The minimum Gasteiger partial charge on any atom is -0.330 e. The Balaban J connectivity index is 2.44. The van der Waals surface area contributed by atoms with Gasteiger partial charge in [0.2, 0.25) is 0 Å². The van der Waals surface area contributed by atoms with E-state index in [9.17, 15) is 4.79 Å². The summed E-state index contributed by atoms with van der Waals surface area (Å²) in [6.45, 7) is 4.23. The topological polar surface area (TPSA) is 49.6 Å². The summed E-state index contributed by atoms with van der Waals surface area (Å²) in [6, 6.07) is 0.645. The van der Waals surface area contributed by atoms with E-state index in [4.69, 9.17) is 5.73 Å². The van der Waals surface area contributed by atoms with Gasteiger partial charge in [-0.05, 0) is 32.7 Å². The van der Waals surface area contributed by atoms with E-state index in [1.165, 1.54) is 0 Å². The molecule has 0 atom stereocenters. The molecule has 0 aromatic carbocycles. The highest BCUT2D eigenvalue weighted by Crippen LogP contribution is 2.27. The van der Waals surface area contributed by atoms with Gasteiger partial charge in [-0.25, -0.2) is 4.79 Å². The second kappa shape index (κ2) is 5.20. The molecule has 0 spiro atoms. The summed E-state index contributed by atoms with van der Waals surface area (Å²) in [6.07, 6.45) is 3.22. The molecule has 0 aromatic rings. The summed E-state index contributed by atoms with van der Waals surface area (Å²) in [7, 11) is 1.85. The number of nitrogens with two attached hydrogens (primary N) is 1. The van der Waals surface area contributed by atoms with Crippen molar-refractivity contribution in [3.63, 3.8) is 0 Å². The monoisotopic (exact) mass is 199 g/mol. The van der Waals surface area contributed by atoms with Crippen molar-refractivity contribution >= 4 is 6.03 Å². The van der Waals surface area contributed by atoms with Gasteiger partial charge in [-0.3, -0.25) is 0 Å². The fourth-order valence-electron chi connectivity index (χ4n) is 1.44. The van der Waals surface area contributed by atoms with Gasteiger partial charge in [0.15, 0.2) is 0 Å². The molecule has 0 aliphatic heterocycles. The van der Waals surface area contributed by atoms with E-state index in [1.54, 1.807) is 4.90 Å². The molecule has 1 saturated carbocycles. The number of nitrogens with zero attached hydrogens (tertiary/aromatic N) is 2. The minimum atomic E-state index is 0.156. The van der Waals surface area contributed by atoms with Crippen LogP contribution in [-0.4, -0.2) is 48.6 Å². The molecule has 4 nitrogen and oxygen atoms in total. The zero-order valence-corrected chi connectivity index (χ0v) is 9.20. The number of hydrogen-bond acceptors (Lipinski definition) is 2. The lowest BCUT2D eigenvalue weighted by atomic mass is 10.3. The molecule has 1 aliphatic carbocycles. The van der Waals surface area contributed by atoms with Gasteiger partial charge in [0.25, 0.3) is 0 Å². The lowest BCUT2D eigenvalue weighted by Gasteiger charge is -2.27. The van der Waals surface area contributed by atoms with Gasteiger partial charge in [-0.2, -0.15) is 0 Å². The van der Waals surface area contributed by atoms with Crippen LogP contribution in [0.15, 0.2) is 0 Å². The minimum absolute atomic E-state index is 0.156. The Morgan fingerprint density at radius 3 is 2.57 bits per heavy atom. The van der Waals surface area contributed by atoms with Crippen molar-refractivity contribution in [3.8, 4) is 0 Å². The highest BCUT2D eigenvalue weighted by molar-refractivity contribution is 5.74. The third kappa shape index (κ3) is 2.87. The Bertz CT molecular complexity index is 192. The summed E-state index contributed by atoms with van der Waals surface area (Å²) >= 11 is 0. The molecule has 1 aliphatic rings. The summed E-state index contributed by atoms with van der Waals surface area (Å²) in [5.74, 6) is 0. The van der Waals surface area contributed by atoms with Crippen molar-refractivity contribution < 1.29 is 4.79 Å². The van der Waals surface area contributed by atoms with Crippen molar-refractivity contribution in [2.24, 2.45) is 5.73 Å². The third-order valence-corrected chi connectivity index (χ3v) is 2.64. The van der Waals surface area contributed by atoms with Crippen LogP contribution in [0.4, 0.5) is 4.79 Å². The van der Waals surface area contributed by atoms with E-state index in [0.29, 0.717) is 12.6 Å². The normalized spacial score (nSPS) is 15.4. The van der Waals surface area contributed by atoms with Gasteiger partial charge in [-0.15, -0.1) is 0 Å². The van der Waals surface area contributed by atoms with Crippen LogP contribution in [0, 0.1) is 0 Å². The van der Waals surface area contributed by atoms with Crippen LogP contribution in [0.25, 0.3) is 0 Å². The number of rotatable bonds is 5. The van der Waals surface area contributed by atoms with Crippen LogP contribution in [0.3, 0.4) is 0 Å². The quantitative estimate of drug-likeness (QED) is 0.714. The first-order valence-electron chi connectivity index (χ1n) is 5.42. The molecule has 1 rings (SSSR count). The van der Waals surface area contributed by atoms with Gasteiger partial charge >= 0.3 is 6.03 Å². The number of hydrogen-bond donors (Lipinski definition) is 1. The van der Waals surface area contributed by atoms with Crippen molar-refractivity contribution in [1.29, 1.82) is 0 Å². The molecule has 14 heavy (non-hydrogen) atoms. The molecule has 0 aromatic heterocycles. The van der Waals surface area contributed by atoms with Crippen molar-refractivity contribution in [2.75, 3.05) is 26.7 Å². The Kier molecular flexibility index (Phi) is 4.20. The predicted octanol–water partition coefficient (Wildman–Crippen LogP) is 0.871. The highest BCUT2D eigenvalue weighted by Gasteiger charge is 2.33. The maximum atomic E-state index is 11.9. The van der Waals surface area contributed by atoms with Crippen LogP contribution < -0.4 is 5.73 Å². The predicted molar refractivity (Wildman–Crippen MR) is 57.1 cm³/mol. The number of carbonyl (C=O) groups is 1. The standard InChI is InChI=1S/C10H21N3O/c1-3-12(2)10(14)13(8-4-7-11)9-5-6-9/h9H,3-8,11H2,1-2H3. The SMILES string of the molecule is CCN(C)C(=O)N(CCCN)C1CC1. The van der Waals surface area contributed by atoms with E-state index in [2.05, 4.69) is 0 Å². The third-order valence-electron chi connectivity index (χ3n) is 2.64. The van der Waals surface area contributed by atoms with E-state index >= 15 is 0 Å². The van der Waals surface area contributed by atoms with Gasteiger partial charge in [-0.1, -0.05) is 0 Å². The summed E-state index contributed by atoms with van der Waals surface area (Å²) in [5, 5.41) is 0. The highest BCUT2D eigenvalue weighted by atomic mass is 16.2. The Hall–Kier alpha value is -0.770. The molecule has 0 bridgehead atoms. The first-order chi connectivity index (χ1) is 6.70. The maximum absolute atomic E-state index is 11.9. The largest absolute Gasteiger partial charge is 0.330 e. The molecule has 2 N–H and O–H groups in total. The van der Waals surface area contributed by atoms with Crippen molar-refractivity contribution in [3.05, 3.63) is 0 Å². The van der Waals surface area contributed by atoms with Crippen LogP contribution in [0.2, 0.25) is 0 Å². The average Bonchev–Trinajstić information content (AvgIpc) is 3.01. The average molecular weight is 199 g/mol. The first-order valence-corrected chi connectivity index (χ1v) is 5.42. The van der Waals surface area contributed by atoms with Gasteiger partial charge < -0.3 is 15.5 Å². The lowest BCUT2D eigenvalue weighted by Crippen LogP contribution is -2.43. The summed E-state index contributed by atoms with van der Waals surface area (Å²) in [5.41, 5.74) is 5.45. The second-order valence-corrected chi connectivity index (χ2v) is 3.86. The molecule has 82 valence electrons. The van der Waals surface area contributed by atoms with Crippen LogP contribution in [-0.2, 0) is 0 Å². The molecule has 0 unspecified atom stereocenters. The molecule has 0 saturated heterocycles. The number of carbonyl (C=O) groups excluding carboxylic acids is 1. The van der Waals surface area contributed by atoms with Crippen molar-refractivity contribution in [1.82, 2.24) is 9.80 Å².